The predicted molar refractivity (Wildman–Crippen MR) is 147 cm³/mol. The van der Waals surface area contributed by atoms with Crippen LogP contribution in [0.25, 0.3) is 0 Å². The lowest BCUT2D eigenvalue weighted by Crippen LogP contribution is -2.60. The highest BCUT2D eigenvalue weighted by Crippen LogP contribution is 2.30. The number of likely N-dealkylation sites (N-methyl/N-ethyl adjacent to an activating group) is 1. The molecule has 2 aliphatic heterocycles. The number of carboxylic acid groups (broad SMARTS) is 1. The molecule has 0 aliphatic carbocycles. The van der Waals surface area contributed by atoms with E-state index in [1.165, 1.54) is 23.2 Å². The first-order chi connectivity index (χ1) is 20.5. The summed E-state index contributed by atoms with van der Waals surface area (Å²) in [6.45, 7) is 4.12. The lowest BCUT2D eigenvalue weighted by Gasteiger charge is -2.33. The van der Waals surface area contributed by atoms with E-state index >= 15 is 4.39 Å². The number of hydrogen-bond acceptors (Lipinski definition) is 9. The van der Waals surface area contributed by atoms with Gasteiger partial charge in [-0.25, -0.2) is 14.0 Å². The molecule has 4 rings (SSSR count). The van der Waals surface area contributed by atoms with Crippen molar-refractivity contribution in [3.8, 4) is 11.5 Å². The number of ether oxygens (including phenoxy) is 1. The Morgan fingerprint density at radius 3 is 2.67 bits per heavy atom. The molecule has 1 unspecified atom stereocenters. The van der Waals surface area contributed by atoms with Crippen LogP contribution >= 0.6 is 0 Å². The van der Waals surface area contributed by atoms with Gasteiger partial charge in [-0.2, -0.15) is 0 Å². The summed E-state index contributed by atoms with van der Waals surface area (Å²) >= 11 is 0. The van der Waals surface area contributed by atoms with Crippen LogP contribution in [0.15, 0.2) is 30.5 Å². The van der Waals surface area contributed by atoms with Gasteiger partial charge >= 0.3 is 30.9 Å². The first kappa shape index (κ1) is 31.2. The summed E-state index contributed by atoms with van der Waals surface area (Å²) in [7, 11) is -1.69. The number of rotatable bonds is 10. The van der Waals surface area contributed by atoms with Crippen LogP contribution in [-0.4, -0.2) is 93.9 Å². The quantitative estimate of drug-likeness (QED) is 0.172. The number of benzene rings is 1. The molecule has 14 nitrogen and oxygen atoms in total. The number of unbranched alkanes of at least 4 members (excludes halogenated alkanes) is 1. The number of imide groups is 1. The number of carboxylic acids is 1. The first-order valence-corrected chi connectivity index (χ1v) is 13.7. The van der Waals surface area contributed by atoms with Crippen LogP contribution in [-0.2, 0) is 20.8 Å². The van der Waals surface area contributed by atoms with Gasteiger partial charge < -0.3 is 35.1 Å². The molecule has 2 aromatic rings. The standard InChI is InChI=1S/C27H31BFN5O9/c1-3-5-11-42-16-13-18(29)20(30-14-16)21(32-27(40)34-10-9-33(4-2)24(36)25(34)37)23(35)31-19-12-15-7-6-8-17(26(38)39)22(15)43-28(19)41/h6-8,13-14,19,21,41H,3-5,9-12H2,1-2H3,(H,31,35)(H,32,40)(H,38,39)/t19-,21?/m0/s1. The molecule has 0 saturated carbocycles. The molecule has 1 saturated heterocycles. The number of aromatic nitrogens is 1. The minimum absolute atomic E-state index is 0.0568. The number of carbonyl (C=O) groups is 5. The van der Waals surface area contributed by atoms with Crippen molar-refractivity contribution in [1.82, 2.24) is 25.4 Å². The maximum absolute atomic E-state index is 15.3. The molecule has 43 heavy (non-hydrogen) atoms. The van der Waals surface area contributed by atoms with E-state index in [-0.39, 0.29) is 43.1 Å². The summed E-state index contributed by atoms with van der Waals surface area (Å²) in [5.41, 5.74) is -0.312. The molecular formula is C27H31BFN5O9. The monoisotopic (exact) mass is 599 g/mol. The fraction of sp³-hybridized carbons (Fsp3) is 0.407. The summed E-state index contributed by atoms with van der Waals surface area (Å²) in [4.78, 5) is 69.1. The number of piperazine rings is 1. The van der Waals surface area contributed by atoms with Gasteiger partial charge in [-0.3, -0.25) is 24.3 Å². The molecule has 5 amide bonds. The van der Waals surface area contributed by atoms with Gasteiger partial charge in [0.2, 0.25) is 5.91 Å². The van der Waals surface area contributed by atoms with E-state index in [1.807, 2.05) is 6.92 Å². The molecule has 2 atom stereocenters. The number of aromatic carboxylic acids is 1. The molecule has 2 aliphatic rings. The van der Waals surface area contributed by atoms with Crippen molar-refractivity contribution in [1.29, 1.82) is 0 Å². The van der Waals surface area contributed by atoms with Crippen molar-refractivity contribution in [2.75, 3.05) is 26.2 Å². The van der Waals surface area contributed by atoms with E-state index in [0.717, 1.165) is 12.5 Å². The van der Waals surface area contributed by atoms with Crippen molar-refractivity contribution in [3.63, 3.8) is 0 Å². The minimum Gasteiger partial charge on any atom is -0.534 e. The summed E-state index contributed by atoms with van der Waals surface area (Å²) < 4.78 is 26.2. The maximum Gasteiger partial charge on any atom is 0.547 e. The molecule has 16 heteroatoms. The molecule has 228 valence electrons. The van der Waals surface area contributed by atoms with E-state index in [0.29, 0.717) is 23.5 Å². The second kappa shape index (κ2) is 13.5. The van der Waals surface area contributed by atoms with E-state index in [1.54, 1.807) is 13.0 Å². The zero-order chi connectivity index (χ0) is 31.3. The Kier molecular flexibility index (Phi) is 9.80. The van der Waals surface area contributed by atoms with Crippen molar-refractivity contribution >= 4 is 36.8 Å². The lowest BCUT2D eigenvalue weighted by atomic mass is 9.72. The largest absolute Gasteiger partial charge is 0.547 e. The van der Waals surface area contributed by atoms with Gasteiger partial charge in [-0.15, -0.1) is 0 Å². The molecule has 0 spiro atoms. The number of carbonyl (C=O) groups excluding carboxylic acids is 4. The molecule has 4 N–H and O–H groups in total. The fourth-order valence-corrected chi connectivity index (χ4v) is 4.67. The highest BCUT2D eigenvalue weighted by atomic mass is 19.1. The SMILES string of the molecule is CCCCOc1cnc(C(NC(=O)N2CCN(CC)C(=O)C2=O)C(=O)N[C@H]2Cc3cccc(C(=O)O)c3OB2O)c(F)c1. The summed E-state index contributed by atoms with van der Waals surface area (Å²) in [5.74, 6) is -6.40. The molecule has 3 heterocycles. The van der Waals surface area contributed by atoms with Crippen molar-refractivity contribution < 1.29 is 47.9 Å². The topological polar surface area (TPSA) is 188 Å². The summed E-state index contributed by atoms with van der Waals surface area (Å²) in [6, 6.07) is 2.39. The Morgan fingerprint density at radius 2 is 2.00 bits per heavy atom. The maximum atomic E-state index is 15.3. The van der Waals surface area contributed by atoms with Gasteiger partial charge in [0.1, 0.15) is 17.2 Å². The third-order valence-electron chi connectivity index (χ3n) is 7.03. The van der Waals surface area contributed by atoms with E-state index in [9.17, 15) is 34.1 Å². The van der Waals surface area contributed by atoms with E-state index in [4.69, 9.17) is 9.39 Å². The van der Waals surface area contributed by atoms with Crippen LogP contribution in [0.3, 0.4) is 0 Å². The van der Waals surface area contributed by atoms with Gasteiger partial charge in [0.15, 0.2) is 11.9 Å². The van der Waals surface area contributed by atoms with Crippen LogP contribution in [0, 0.1) is 5.82 Å². The van der Waals surface area contributed by atoms with Gasteiger partial charge in [-0.1, -0.05) is 25.5 Å². The zero-order valence-corrected chi connectivity index (χ0v) is 23.5. The Morgan fingerprint density at radius 1 is 1.23 bits per heavy atom. The molecule has 1 fully saturated rings. The third kappa shape index (κ3) is 6.85. The molecule has 0 bridgehead atoms. The Hall–Kier alpha value is -4.73. The smallest absolute Gasteiger partial charge is 0.534 e. The van der Waals surface area contributed by atoms with Gasteiger partial charge in [0.25, 0.3) is 0 Å². The minimum atomic E-state index is -1.82. The molecule has 1 aromatic carbocycles. The van der Waals surface area contributed by atoms with Crippen molar-refractivity contribution in [3.05, 3.63) is 53.1 Å². The number of fused-ring (bicyclic) bond motifs is 1. The molecule has 0 radical (unpaired) electrons. The van der Waals surface area contributed by atoms with E-state index in [2.05, 4.69) is 15.6 Å². The van der Waals surface area contributed by atoms with Crippen LogP contribution in [0.1, 0.15) is 54.3 Å². The number of para-hydroxylation sites is 1. The van der Waals surface area contributed by atoms with Crippen LogP contribution in [0.5, 0.6) is 11.5 Å². The highest BCUT2D eigenvalue weighted by Gasteiger charge is 2.41. The van der Waals surface area contributed by atoms with Crippen LogP contribution in [0.2, 0.25) is 0 Å². The summed E-state index contributed by atoms with van der Waals surface area (Å²) in [6.07, 6.45) is 2.67. The van der Waals surface area contributed by atoms with Crippen molar-refractivity contribution in [2.24, 2.45) is 0 Å². The lowest BCUT2D eigenvalue weighted by molar-refractivity contribution is -0.153. The number of amides is 5. The Bertz CT molecular complexity index is 1430. The highest BCUT2D eigenvalue weighted by molar-refractivity contribution is 6.47. The van der Waals surface area contributed by atoms with Crippen LogP contribution in [0.4, 0.5) is 9.18 Å². The van der Waals surface area contributed by atoms with Gasteiger partial charge in [0, 0.05) is 25.7 Å². The second-order valence-corrected chi connectivity index (χ2v) is 9.89. The Labute approximate surface area is 246 Å². The predicted octanol–water partition coefficient (Wildman–Crippen LogP) is 0.679. The molecular weight excluding hydrogens is 568 g/mol. The van der Waals surface area contributed by atoms with Gasteiger partial charge in [-0.05, 0) is 31.4 Å². The second-order valence-electron chi connectivity index (χ2n) is 9.89. The fourth-order valence-electron chi connectivity index (χ4n) is 4.67. The number of halogens is 1. The molecule has 1 aromatic heterocycles. The summed E-state index contributed by atoms with van der Waals surface area (Å²) in [5, 5.41) is 24.8. The average Bonchev–Trinajstić information content (AvgIpc) is 2.97. The van der Waals surface area contributed by atoms with Gasteiger partial charge in [0.05, 0.1) is 24.3 Å². The number of hydrogen-bond donors (Lipinski definition) is 4. The first-order valence-electron chi connectivity index (χ1n) is 13.7. The number of nitrogens with one attached hydrogen (secondary N) is 2. The van der Waals surface area contributed by atoms with Crippen molar-refractivity contribution in [2.45, 2.75) is 45.1 Å². The average molecular weight is 599 g/mol. The van der Waals surface area contributed by atoms with E-state index < -0.39 is 60.3 Å². The number of nitrogens with zero attached hydrogens (tertiary/aromatic N) is 3. The Balaban J connectivity index is 1.59. The number of pyridine rings is 1. The van der Waals surface area contributed by atoms with Crippen LogP contribution < -0.4 is 20.0 Å². The third-order valence-corrected chi connectivity index (χ3v) is 7.03. The normalized spacial score (nSPS) is 17.1. The number of urea groups is 1. The zero-order valence-electron chi connectivity index (χ0n) is 23.5.